The molecule has 3 rings (SSSR count). The molecule has 0 aliphatic heterocycles. The summed E-state index contributed by atoms with van der Waals surface area (Å²) in [4.78, 5) is 15.9. The molecule has 1 amide bonds. The summed E-state index contributed by atoms with van der Waals surface area (Å²) in [6.07, 6.45) is 1.90. The van der Waals surface area contributed by atoms with Crippen molar-refractivity contribution in [2.75, 3.05) is 13.2 Å². The highest BCUT2D eigenvalue weighted by Gasteiger charge is 2.26. The predicted molar refractivity (Wildman–Crippen MR) is 97.6 cm³/mol. The fourth-order valence-electron chi connectivity index (χ4n) is 2.57. The number of aliphatic hydroxyl groups excluding tert-OH is 1. The first-order chi connectivity index (χ1) is 11.9. The lowest BCUT2D eigenvalue weighted by molar-refractivity contribution is -0.498. The zero-order valence-corrected chi connectivity index (χ0v) is 15.0. The Morgan fingerprint density at radius 2 is 2.08 bits per heavy atom. The molecule has 0 aliphatic carbocycles. The summed E-state index contributed by atoms with van der Waals surface area (Å²) >= 11 is 6.11. The second-order valence-electron chi connectivity index (χ2n) is 6.82. The van der Waals surface area contributed by atoms with E-state index in [1.807, 2.05) is 66.9 Å². The number of amides is 1. The van der Waals surface area contributed by atoms with Gasteiger partial charge in [0.2, 0.25) is 5.69 Å². The summed E-state index contributed by atoms with van der Waals surface area (Å²) in [6, 6.07) is 13.2. The zero-order chi connectivity index (χ0) is 18.0. The molecule has 2 aromatic heterocycles. The van der Waals surface area contributed by atoms with Gasteiger partial charge in [0.1, 0.15) is 0 Å². The Bertz CT molecular complexity index is 918. The second kappa shape index (κ2) is 6.86. The van der Waals surface area contributed by atoms with Gasteiger partial charge in [0, 0.05) is 23.6 Å². The van der Waals surface area contributed by atoms with Gasteiger partial charge in [-0.1, -0.05) is 37.6 Å². The van der Waals surface area contributed by atoms with Crippen LogP contribution in [0.2, 0.25) is 5.02 Å². The first kappa shape index (κ1) is 17.5. The molecule has 0 radical (unpaired) electrons. The van der Waals surface area contributed by atoms with E-state index in [1.54, 1.807) is 0 Å². The van der Waals surface area contributed by atoms with E-state index in [0.29, 0.717) is 17.3 Å². The molecule has 3 aromatic rings. The van der Waals surface area contributed by atoms with Crippen LogP contribution in [0.1, 0.15) is 24.3 Å². The van der Waals surface area contributed by atoms with Gasteiger partial charge in [-0.15, -0.1) is 0 Å². The average molecular weight is 359 g/mol. The van der Waals surface area contributed by atoms with Crippen LogP contribution in [0.5, 0.6) is 0 Å². The molecule has 0 bridgehead atoms. The third-order valence-electron chi connectivity index (χ3n) is 4.08. The number of pyridine rings is 1. The van der Waals surface area contributed by atoms with Gasteiger partial charge >= 0.3 is 0 Å². The molecule has 3 N–H and O–H groups in total. The lowest BCUT2D eigenvalue weighted by atomic mass is 9.95. The third-order valence-corrected chi connectivity index (χ3v) is 4.32. The van der Waals surface area contributed by atoms with E-state index in [2.05, 4.69) is 10.3 Å². The summed E-state index contributed by atoms with van der Waals surface area (Å²) in [7, 11) is 0. The number of aromatic amines is 1. The number of aromatic nitrogens is 2. The first-order valence-corrected chi connectivity index (χ1v) is 8.46. The minimum absolute atomic E-state index is 0.00126. The van der Waals surface area contributed by atoms with E-state index in [-0.39, 0.29) is 17.9 Å². The van der Waals surface area contributed by atoms with Crippen LogP contribution in [0.4, 0.5) is 0 Å². The average Bonchev–Trinajstić information content (AvgIpc) is 3.00. The molecule has 0 saturated carbocycles. The summed E-state index contributed by atoms with van der Waals surface area (Å²) < 4.78 is 1.93. The number of hydrogen-bond donors (Lipinski definition) is 3. The normalized spacial score (nSPS) is 11.7. The molecule has 0 unspecified atom stereocenters. The van der Waals surface area contributed by atoms with Crippen LogP contribution in [0.25, 0.3) is 16.9 Å². The fourth-order valence-corrected chi connectivity index (χ4v) is 2.76. The molecule has 0 saturated heterocycles. The first-order valence-electron chi connectivity index (χ1n) is 8.09. The van der Waals surface area contributed by atoms with Crippen molar-refractivity contribution >= 4 is 23.0 Å². The fraction of sp³-hybridized carbons (Fsp3) is 0.263. The number of imidazole rings is 1. The Balaban J connectivity index is 2.01. The van der Waals surface area contributed by atoms with Crippen LogP contribution in [-0.2, 0) is 0 Å². The minimum Gasteiger partial charge on any atom is -0.396 e. The van der Waals surface area contributed by atoms with Crippen LogP contribution in [0.3, 0.4) is 0 Å². The van der Waals surface area contributed by atoms with E-state index < -0.39 is 0 Å². The topological polar surface area (TPSA) is 69.2 Å². The van der Waals surface area contributed by atoms with E-state index >= 15 is 0 Å². The third kappa shape index (κ3) is 3.67. The number of rotatable bonds is 5. The van der Waals surface area contributed by atoms with E-state index in [0.717, 1.165) is 16.9 Å². The van der Waals surface area contributed by atoms with Gasteiger partial charge in [-0.2, -0.15) is 4.40 Å². The van der Waals surface area contributed by atoms with Crippen molar-refractivity contribution in [3.05, 3.63) is 59.4 Å². The van der Waals surface area contributed by atoms with Crippen molar-refractivity contribution in [1.29, 1.82) is 0 Å². The molecule has 0 aliphatic rings. The number of nitrogens with one attached hydrogen (secondary N) is 2. The van der Waals surface area contributed by atoms with Crippen LogP contribution < -0.4 is 9.72 Å². The smallest absolute Gasteiger partial charge is 0.295 e. The Labute approximate surface area is 151 Å². The number of carbonyl (C=O) groups is 1. The van der Waals surface area contributed by atoms with E-state index in [9.17, 15) is 9.90 Å². The van der Waals surface area contributed by atoms with Gasteiger partial charge in [-0.05, 0) is 30.3 Å². The number of fused-ring (bicyclic) bond motifs is 1. The molecule has 0 spiro atoms. The molecule has 0 atom stereocenters. The SMILES string of the molecule is CC(C)(CO)CNC(=O)c1[nH]c(-c2cccc(Cl)c2)[n+]2ccccc12. The molecular weight excluding hydrogens is 338 g/mol. The molecule has 130 valence electrons. The Hall–Kier alpha value is -2.37. The maximum Gasteiger partial charge on any atom is 0.295 e. The summed E-state index contributed by atoms with van der Waals surface area (Å²) in [5.74, 6) is 0.572. The minimum atomic E-state index is -0.374. The molecule has 0 fully saturated rings. The Kier molecular flexibility index (Phi) is 4.79. The number of carbonyl (C=O) groups excluding carboxylic acids is 1. The monoisotopic (exact) mass is 358 g/mol. The summed E-state index contributed by atoms with van der Waals surface area (Å²) in [5.41, 5.74) is 1.77. The van der Waals surface area contributed by atoms with E-state index in [1.165, 1.54) is 0 Å². The molecule has 1 aromatic carbocycles. The lowest BCUT2D eigenvalue weighted by Crippen LogP contribution is -2.36. The van der Waals surface area contributed by atoms with Crippen LogP contribution in [0.15, 0.2) is 48.7 Å². The van der Waals surface area contributed by atoms with Crippen molar-refractivity contribution in [2.24, 2.45) is 5.41 Å². The molecular formula is C19H21ClN3O2+. The second-order valence-corrected chi connectivity index (χ2v) is 7.26. The number of aliphatic hydroxyl groups is 1. The number of H-pyrrole nitrogens is 1. The Morgan fingerprint density at radius 3 is 2.80 bits per heavy atom. The molecule has 5 nitrogen and oxygen atoms in total. The standard InChI is InChI=1S/C19H20ClN3O2/c1-19(2,12-24)11-21-18(25)16-15-8-3-4-9-23(15)17(22-16)13-6-5-7-14(20)10-13/h3-10,24H,11-12H2,1-2H3,(H,21,25)/p+1. The van der Waals surface area contributed by atoms with Crippen molar-refractivity contribution in [3.63, 3.8) is 0 Å². The van der Waals surface area contributed by atoms with Crippen LogP contribution in [-0.4, -0.2) is 29.1 Å². The quantitative estimate of drug-likeness (QED) is 0.614. The van der Waals surface area contributed by atoms with Crippen LogP contribution >= 0.6 is 11.6 Å². The van der Waals surface area contributed by atoms with Crippen molar-refractivity contribution < 1.29 is 14.3 Å². The molecule has 25 heavy (non-hydrogen) atoms. The van der Waals surface area contributed by atoms with Gasteiger partial charge in [0.05, 0.1) is 11.8 Å². The van der Waals surface area contributed by atoms with Crippen molar-refractivity contribution in [3.8, 4) is 11.4 Å². The highest BCUT2D eigenvalue weighted by molar-refractivity contribution is 6.30. The molecule has 2 heterocycles. The van der Waals surface area contributed by atoms with Gasteiger partial charge < -0.3 is 10.4 Å². The highest BCUT2D eigenvalue weighted by atomic mass is 35.5. The lowest BCUT2D eigenvalue weighted by Gasteiger charge is -2.21. The predicted octanol–water partition coefficient (Wildman–Crippen LogP) is 2.82. The van der Waals surface area contributed by atoms with Crippen molar-refractivity contribution in [2.45, 2.75) is 13.8 Å². The van der Waals surface area contributed by atoms with Gasteiger partial charge in [0.15, 0.2) is 5.52 Å². The maximum absolute atomic E-state index is 12.7. The number of hydrogen-bond acceptors (Lipinski definition) is 2. The van der Waals surface area contributed by atoms with E-state index in [4.69, 9.17) is 11.6 Å². The Morgan fingerprint density at radius 1 is 1.28 bits per heavy atom. The van der Waals surface area contributed by atoms with Gasteiger partial charge in [-0.25, -0.2) is 4.98 Å². The van der Waals surface area contributed by atoms with Crippen molar-refractivity contribution in [1.82, 2.24) is 10.3 Å². The summed E-state index contributed by atoms with van der Waals surface area (Å²) in [5, 5.41) is 12.9. The molecule has 6 heteroatoms. The number of halogens is 1. The number of nitrogens with zero attached hydrogens (tertiary/aromatic N) is 1. The highest BCUT2D eigenvalue weighted by Crippen LogP contribution is 2.21. The largest absolute Gasteiger partial charge is 0.396 e. The maximum atomic E-state index is 12.7. The van der Waals surface area contributed by atoms with Gasteiger partial charge in [0.25, 0.3) is 11.7 Å². The zero-order valence-electron chi connectivity index (χ0n) is 14.2. The van der Waals surface area contributed by atoms with Crippen LogP contribution in [0, 0.1) is 5.41 Å². The van der Waals surface area contributed by atoms with Gasteiger partial charge in [-0.3, -0.25) is 4.79 Å². The summed E-state index contributed by atoms with van der Waals surface area (Å²) in [6.45, 7) is 4.17. The number of benzene rings is 1.